The van der Waals surface area contributed by atoms with Crippen LogP contribution < -0.4 is 5.56 Å². The van der Waals surface area contributed by atoms with Gasteiger partial charge < -0.3 is 4.90 Å². The zero-order valence-corrected chi connectivity index (χ0v) is 13.2. The fraction of sp³-hybridized carbons (Fsp3) is 0.353. The Morgan fingerprint density at radius 2 is 1.82 bits per heavy atom. The van der Waals surface area contributed by atoms with Gasteiger partial charge in [-0.3, -0.25) is 14.2 Å². The molecule has 0 saturated carbocycles. The first kappa shape index (κ1) is 15.9. The van der Waals surface area contributed by atoms with Gasteiger partial charge in [0.2, 0.25) is 5.91 Å². The van der Waals surface area contributed by atoms with Gasteiger partial charge in [-0.2, -0.15) is 0 Å². The molecule has 0 aliphatic carbocycles. The molecule has 1 aromatic heterocycles. The van der Waals surface area contributed by atoms with Crippen LogP contribution in [0.5, 0.6) is 0 Å². The molecule has 2 aromatic rings. The molecule has 0 aliphatic heterocycles. The molecule has 1 heterocycles. The third-order valence-corrected chi connectivity index (χ3v) is 3.58. The molecule has 5 nitrogen and oxygen atoms in total. The number of rotatable bonds is 5. The van der Waals surface area contributed by atoms with Crippen LogP contribution in [0.3, 0.4) is 0 Å². The van der Waals surface area contributed by atoms with Crippen molar-refractivity contribution in [1.82, 2.24) is 14.5 Å². The van der Waals surface area contributed by atoms with E-state index in [0.717, 1.165) is 5.56 Å². The highest BCUT2D eigenvalue weighted by atomic mass is 16.2. The van der Waals surface area contributed by atoms with Crippen molar-refractivity contribution in [2.24, 2.45) is 0 Å². The lowest BCUT2D eigenvalue weighted by Gasteiger charge is -2.20. The number of carbonyl (C=O) groups is 1. The summed E-state index contributed by atoms with van der Waals surface area (Å²) in [6.45, 7) is 6.90. The van der Waals surface area contributed by atoms with Crippen molar-refractivity contribution in [1.29, 1.82) is 0 Å². The summed E-state index contributed by atoms with van der Waals surface area (Å²) in [4.78, 5) is 30.8. The van der Waals surface area contributed by atoms with Gasteiger partial charge in [0.15, 0.2) is 0 Å². The Labute approximate surface area is 130 Å². The van der Waals surface area contributed by atoms with Crippen LogP contribution in [0.1, 0.15) is 19.5 Å². The Morgan fingerprint density at radius 3 is 2.41 bits per heavy atom. The van der Waals surface area contributed by atoms with Gasteiger partial charge in [-0.25, -0.2) is 4.98 Å². The monoisotopic (exact) mass is 299 g/mol. The second-order valence-electron chi connectivity index (χ2n) is 5.08. The number of nitrogens with zero attached hydrogens (tertiary/aromatic N) is 3. The normalized spacial score (nSPS) is 10.5. The van der Waals surface area contributed by atoms with E-state index in [1.807, 2.05) is 44.2 Å². The topological polar surface area (TPSA) is 55.2 Å². The number of aryl methyl sites for hydroxylation is 1. The first-order valence-corrected chi connectivity index (χ1v) is 7.48. The van der Waals surface area contributed by atoms with Gasteiger partial charge in [0.1, 0.15) is 12.4 Å². The molecule has 0 radical (unpaired) electrons. The van der Waals surface area contributed by atoms with Crippen molar-refractivity contribution in [3.8, 4) is 11.4 Å². The fourth-order valence-corrected chi connectivity index (χ4v) is 2.39. The van der Waals surface area contributed by atoms with Crippen LogP contribution in [0.15, 0.2) is 41.2 Å². The molecule has 0 bridgehead atoms. The maximum absolute atomic E-state index is 12.3. The number of likely N-dealkylation sites (N-methyl/N-ethyl adjacent to an activating group) is 1. The number of amides is 1. The van der Waals surface area contributed by atoms with Gasteiger partial charge in [-0.05, 0) is 20.8 Å². The van der Waals surface area contributed by atoms with E-state index in [1.165, 1.54) is 10.6 Å². The number of hydrogen-bond donors (Lipinski definition) is 0. The van der Waals surface area contributed by atoms with Crippen LogP contribution in [-0.4, -0.2) is 33.4 Å². The van der Waals surface area contributed by atoms with E-state index in [9.17, 15) is 9.59 Å². The van der Waals surface area contributed by atoms with E-state index in [0.29, 0.717) is 24.6 Å². The minimum Gasteiger partial charge on any atom is -0.342 e. The quantitative estimate of drug-likeness (QED) is 0.849. The SMILES string of the molecule is CCN(CC)C(=O)Cn1c(-c2ccccc2)nc(C)cc1=O. The summed E-state index contributed by atoms with van der Waals surface area (Å²) in [7, 11) is 0. The summed E-state index contributed by atoms with van der Waals surface area (Å²) < 4.78 is 1.45. The second-order valence-corrected chi connectivity index (χ2v) is 5.08. The molecule has 0 N–H and O–H groups in total. The highest BCUT2D eigenvalue weighted by molar-refractivity contribution is 5.76. The third-order valence-electron chi connectivity index (χ3n) is 3.58. The molecular formula is C17H21N3O2. The highest BCUT2D eigenvalue weighted by Gasteiger charge is 2.15. The zero-order chi connectivity index (χ0) is 16.1. The Bertz CT molecular complexity index is 704. The van der Waals surface area contributed by atoms with Gasteiger partial charge in [0.25, 0.3) is 5.56 Å². The molecule has 2 rings (SSSR count). The minimum atomic E-state index is -0.202. The van der Waals surface area contributed by atoms with Crippen LogP contribution in [0.4, 0.5) is 0 Å². The van der Waals surface area contributed by atoms with Gasteiger partial charge >= 0.3 is 0 Å². The predicted molar refractivity (Wildman–Crippen MR) is 86.6 cm³/mol. The number of benzene rings is 1. The summed E-state index contributed by atoms with van der Waals surface area (Å²) >= 11 is 0. The molecule has 1 aromatic carbocycles. The first-order chi connectivity index (χ1) is 10.6. The van der Waals surface area contributed by atoms with E-state index < -0.39 is 0 Å². The van der Waals surface area contributed by atoms with Gasteiger partial charge in [-0.1, -0.05) is 30.3 Å². The predicted octanol–water partition coefficient (Wildman–Crippen LogP) is 2.09. The van der Waals surface area contributed by atoms with E-state index in [4.69, 9.17) is 0 Å². The lowest BCUT2D eigenvalue weighted by atomic mass is 10.2. The van der Waals surface area contributed by atoms with Crippen molar-refractivity contribution < 1.29 is 4.79 Å². The van der Waals surface area contributed by atoms with Crippen molar-refractivity contribution in [2.45, 2.75) is 27.3 Å². The molecule has 0 saturated heterocycles. The van der Waals surface area contributed by atoms with E-state index in [2.05, 4.69) is 4.98 Å². The third kappa shape index (κ3) is 3.42. The summed E-state index contributed by atoms with van der Waals surface area (Å²) in [6, 6.07) is 10.9. The molecule has 0 spiro atoms. The van der Waals surface area contributed by atoms with Gasteiger partial charge in [0.05, 0.1) is 0 Å². The highest BCUT2D eigenvalue weighted by Crippen LogP contribution is 2.15. The Balaban J connectivity index is 2.47. The molecule has 5 heteroatoms. The zero-order valence-electron chi connectivity index (χ0n) is 13.2. The lowest BCUT2D eigenvalue weighted by molar-refractivity contribution is -0.131. The smallest absolute Gasteiger partial charge is 0.254 e. The molecule has 0 aliphatic rings. The largest absolute Gasteiger partial charge is 0.342 e. The maximum atomic E-state index is 12.3. The van der Waals surface area contributed by atoms with Crippen molar-refractivity contribution in [2.75, 3.05) is 13.1 Å². The van der Waals surface area contributed by atoms with E-state index >= 15 is 0 Å². The molecule has 1 amide bonds. The van der Waals surface area contributed by atoms with Crippen LogP contribution in [-0.2, 0) is 11.3 Å². The van der Waals surface area contributed by atoms with Crippen molar-refractivity contribution in [3.05, 3.63) is 52.4 Å². The van der Waals surface area contributed by atoms with Crippen molar-refractivity contribution in [3.63, 3.8) is 0 Å². The average Bonchev–Trinajstić information content (AvgIpc) is 2.51. The van der Waals surface area contributed by atoms with Gasteiger partial charge in [0, 0.05) is 30.4 Å². The lowest BCUT2D eigenvalue weighted by Crippen LogP contribution is -2.37. The molecule has 116 valence electrons. The standard InChI is InChI=1S/C17H21N3O2/c1-4-19(5-2)16(22)12-20-15(21)11-13(3)18-17(20)14-9-7-6-8-10-14/h6-11H,4-5,12H2,1-3H3. The summed E-state index contributed by atoms with van der Waals surface area (Å²) in [6.07, 6.45) is 0. The summed E-state index contributed by atoms with van der Waals surface area (Å²) in [5, 5.41) is 0. The van der Waals surface area contributed by atoms with Crippen LogP contribution in [0.25, 0.3) is 11.4 Å². The average molecular weight is 299 g/mol. The number of hydrogen-bond acceptors (Lipinski definition) is 3. The van der Waals surface area contributed by atoms with Crippen molar-refractivity contribution >= 4 is 5.91 Å². The van der Waals surface area contributed by atoms with Crippen LogP contribution in [0.2, 0.25) is 0 Å². The van der Waals surface area contributed by atoms with Gasteiger partial charge in [-0.15, -0.1) is 0 Å². The minimum absolute atomic E-state index is 0.0119. The second kappa shape index (κ2) is 7.02. The Morgan fingerprint density at radius 1 is 1.18 bits per heavy atom. The molecule has 22 heavy (non-hydrogen) atoms. The molecular weight excluding hydrogens is 278 g/mol. The Kier molecular flexibility index (Phi) is 5.09. The fourth-order valence-electron chi connectivity index (χ4n) is 2.39. The summed E-state index contributed by atoms with van der Waals surface area (Å²) in [5.41, 5.74) is 1.28. The Hall–Kier alpha value is -2.43. The molecule has 0 fully saturated rings. The van der Waals surface area contributed by atoms with E-state index in [-0.39, 0.29) is 18.0 Å². The first-order valence-electron chi connectivity index (χ1n) is 7.48. The van der Waals surface area contributed by atoms with Crippen LogP contribution in [0, 0.1) is 6.92 Å². The number of carbonyl (C=O) groups excluding carboxylic acids is 1. The van der Waals surface area contributed by atoms with Crippen LogP contribution >= 0.6 is 0 Å². The molecule has 0 unspecified atom stereocenters. The summed E-state index contributed by atoms with van der Waals surface area (Å²) in [5.74, 6) is 0.459. The number of aromatic nitrogens is 2. The van der Waals surface area contributed by atoms with E-state index in [1.54, 1.807) is 11.8 Å². The maximum Gasteiger partial charge on any atom is 0.254 e. The molecule has 0 atom stereocenters.